The molecular formula is C15H22FN. The van der Waals surface area contributed by atoms with Crippen LogP contribution in [0.2, 0.25) is 0 Å². The van der Waals surface area contributed by atoms with Crippen LogP contribution in [0.4, 0.5) is 4.39 Å². The fourth-order valence-electron chi connectivity index (χ4n) is 1.61. The largest absolute Gasteiger partial charge is 0.311 e. The zero-order valence-corrected chi connectivity index (χ0v) is 11.2. The summed E-state index contributed by atoms with van der Waals surface area (Å²) in [5, 5.41) is 3.40. The lowest BCUT2D eigenvalue weighted by molar-refractivity contribution is 0.616. The molecule has 0 unspecified atom stereocenters. The van der Waals surface area contributed by atoms with Gasteiger partial charge >= 0.3 is 0 Å². The Balaban J connectivity index is 2.79. The van der Waals surface area contributed by atoms with Gasteiger partial charge in [0, 0.05) is 12.6 Å². The molecule has 1 N–H and O–H groups in total. The quantitative estimate of drug-likeness (QED) is 0.815. The monoisotopic (exact) mass is 235 g/mol. The summed E-state index contributed by atoms with van der Waals surface area (Å²) in [4.78, 5) is 0. The van der Waals surface area contributed by atoms with Gasteiger partial charge in [0.15, 0.2) is 0 Å². The molecule has 1 nitrogen and oxygen atoms in total. The van der Waals surface area contributed by atoms with Gasteiger partial charge in [-0.1, -0.05) is 38.5 Å². The Labute approximate surface area is 104 Å². The van der Waals surface area contributed by atoms with Crippen molar-refractivity contribution in [3.63, 3.8) is 0 Å². The highest BCUT2D eigenvalue weighted by Gasteiger charge is 2.00. The van der Waals surface area contributed by atoms with Gasteiger partial charge in [-0.25, -0.2) is 4.39 Å². The van der Waals surface area contributed by atoms with E-state index >= 15 is 0 Å². The van der Waals surface area contributed by atoms with Crippen LogP contribution in [0, 0.1) is 12.7 Å². The fourth-order valence-corrected chi connectivity index (χ4v) is 1.61. The first kappa shape index (κ1) is 13.9. The first-order valence-electron chi connectivity index (χ1n) is 6.22. The number of aryl methyl sites for hydroxylation is 1. The van der Waals surface area contributed by atoms with Crippen molar-refractivity contribution in [3.05, 3.63) is 40.7 Å². The average molecular weight is 235 g/mol. The van der Waals surface area contributed by atoms with Gasteiger partial charge in [0.1, 0.15) is 5.82 Å². The van der Waals surface area contributed by atoms with Gasteiger partial charge in [-0.05, 0) is 36.6 Å². The van der Waals surface area contributed by atoms with Crippen molar-refractivity contribution in [3.8, 4) is 0 Å². The smallest absolute Gasteiger partial charge is 0.126 e. The van der Waals surface area contributed by atoms with Crippen molar-refractivity contribution in [1.82, 2.24) is 5.32 Å². The maximum absolute atomic E-state index is 13.1. The molecule has 0 saturated carbocycles. The van der Waals surface area contributed by atoms with E-state index in [4.69, 9.17) is 0 Å². The molecule has 0 saturated heterocycles. The number of rotatable bonds is 5. The Morgan fingerprint density at radius 2 is 2.12 bits per heavy atom. The fraction of sp³-hybridized carbons (Fsp3) is 0.467. The highest BCUT2D eigenvalue weighted by molar-refractivity contribution is 5.54. The summed E-state index contributed by atoms with van der Waals surface area (Å²) < 4.78 is 13.1. The zero-order chi connectivity index (χ0) is 12.8. The molecule has 17 heavy (non-hydrogen) atoms. The third-order valence-corrected chi connectivity index (χ3v) is 2.74. The maximum atomic E-state index is 13.1. The zero-order valence-electron chi connectivity index (χ0n) is 11.2. The molecule has 1 rings (SSSR count). The molecule has 0 spiro atoms. The van der Waals surface area contributed by atoms with Crippen LogP contribution < -0.4 is 5.32 Å². The van der Waals surface area contributed by atoms with Crippen molar-refractivity contribution in [1.29, 1.82) is 0 Å². The summed E-state index contributed by atoms with van der Waals surface area (Å²) in [6, 6.07) is 5.73. The molecule has 0 aliphatic rings. The lowest BCUT2D eigenvalue weighted by Crippen LogP contribution is -2.24. The van der Waals surface area contributed by atoms with Crippen LogP contribution >= 0.6 is 0 Å². The molecule has 0 bridgehead atoms. The Hall–Kier alpha value is -1.15. The second-order valence-electron chi connectivity index (χ2n) is 4.70. The molecular weight excluding hydrogens is 213 g/mol. The SMILES string of the molecule is CCC(=Cc1ccc(F)c(C)c1)CNC(C)C. The molecule has 0 aromatic heterocycles. The van der Waals surface area contributed by atoms with Gasteiger partial charge in [-0.3, -0.25) is 0 Å². The molecule has 0 fully saturated rings. The summed E-state index contributed by atoms with van der Waals surface area (Å²) >= 11 is 0. The van der Waals surface area contributed by atoms with Gasteiger partial charge in [-0.2, -0.15) is 0 Å². The van der Waals surface area contributed by atoms with Crippen molar-refractivity contribution >= 4 is 6.08 Å². The molecule has 0 amide bonds. The Bertz CT molecular complexity index is 394. The van der Waals surface area contributed by atoms with Crippen LogP contribution in [0.3, 0.4) is 0 Å². The summed E-state index contributed by atoms with van der Waals surface area (Å²) in [6.07, 6.45) is 3.15. The topological polar surface area (TPSA) is 12.0 Å². The summed E-state index contributed by atoms with van der Waals surface area (Å²) in [7, 11) is 0. The van der Waals surface area contributed by atoms with Crippen LogP contribution in [0.1, 0.15) is 38.3 Å². The normalized spacial score (nSPS) is 12.2. The lowest BCUT2D eigenvalue weighted by atomic mass is 10.1. The standard InChI is InChI=1S/C15H22FN/c1-5-13(10-17-11(2)3)9-14-6-7-15(16)12(4)8-14/h6-9,11,17H,5,10H2,1-4H3. The maximum Gasteiger partial charge on any atom is 0.126 e. The minimum atomic E-state index is -0.138. The van der Waals surface area contributed by atoms with Gasteiger partial charge in [0.05, 0.1) is 0 Å². The van der Waals surface area contributed by atoms with E-state index in [0.29, 0.717) is 11.6 Å². The second kappa shape index (κ2) is 6.55. The molecule has 0 aliphatic heterocycles. The molecule has 0 heterocycles. The number of halogens is 1. The predicted octanol–water partition coefficient (Wildman–Crippen LogP) is 3.93. The van der Waals surface area contributed by atoms with E-state index in [9.17, 15) is 4.39 Å². The molecule has 94 valence electrons. The summed E-state index contributed by atoms with van der Waals surface area (Å²) in [5.41, 5.74) is 3.11. The predicted molar refractivity (Wildman–Crippen MR) is 72.5 cm³/mol. The third-order valence-electron chi connectivity index (χ3n) is 2.74. The molecule has 2 heteroatoms. The molecule has 1 aromatic rings. The highest BCUT2D eigenvalue weighted by atomic mass is 19.1. The van der Waals surface area contributed by atoms with E-state index in [-0.39, 0.29) is 5.82 Å². The van der Waals surface area contributed by atoms with Crippen molar-refractivity contribution in [2.45, 2.75) is 40.2 Å². The number of hydrogen-bond acceptors (Lipinski definition) is 1. The molecule has 0 atom stereocenters. The van der Waals surface area contributed by atoms with Crippen LogP contribution in [0.15, 0.2) is 23.8 Å². The number of benzene rings is 1. The third kappa shape index (κ3) is 4.70. The molecule has 0 aliphatic carbocycles. The minimum absolute atomic E-state index is 0.138. The van der Waals surface area contributed by atoms with Crippen LogP contribution in [0.25, 0.3) is 6.08 Å². The summed E-state index contributed by atoms with van der Waals surface area (Å²) in [6.45, 7) is 9.10. The van der Waals surface area contributed by atoms with E-state index in [1.54, 1.807) is 6.92 Å². The van der Waals surface area contributed by atoms with Crippen molar-refractivity contribution in [2.75, 3.05) is 6.54 Å². The van der Waals surface area contributed by atoms with Crippen molar-refractivity contribution in [2.24, 2.45) is 0 Å². The number of hydrogen-bond donors (Lipinski definition) is 1. The molecule has 1 aromatic carbocycles. The van der Waals surface area contributed by atoms with Crippen LogP contribution in [-0.2, 0) is 0 Å². The molecule has 0 radical (unpaired) electrons. The average Bonchev–Trinajstić information content (AvgIpc) is 2.28. The van der Waals surface area contributed by atoms with E-state index < -0.39 is 0 Å². The lowest BCUT2D eigenvalue weighted by Gasteiger charge is -2.10. The Morgan fingerprint density at radius 1 is 1.41 bits per heavy atom. The van der Waals surface area contributed by atoms with Crippen molar-refractivity contribution < 1.29 is 4.39 Å². The minimum Gasteiger partial charge on any atom is -0.311 e. The first-order valence-corrected chi connectivity index (χ1v) is 6.22. The summed E-state index contributed by atoms with van der Waals surface area (Å²) in [5.74, 6) is -0.138. The van der Waals surface area contributed by atoms with Crippen LogP contribution in [0.5, 0.6) is 0 Å². The van der Waals surface area contributed by atoms with Gasteiger partial charge < -0.3 is 5.32 Å². The highest BCUT2D eigenvalue weighted by Crippen LogP contribution is 2.13. The van der Waals surface area contributed by atoms with E-state index in [2.05, 4.69) is 32.2 Å². The van der Waals surface area contributed by atoms with E-state index in [1.165, 1.54) is 11.6 Å². The Kier molecular flexibility index (Phi) is 5.36. The second-order valence-corrected chi connectivity index (χ2v) is 4.70. The Morgan fingerprint density at radius 3 is 2.65 bits per heavy atom. The first-order chi connectivity index (χ1) is 8.02. The number of nitrogens with one attached hydrogen (secondary N) is 1. The van der Waals surface area contributed by atoms with Crippen LogP contribution in [-0.4, -0.2) is 12.6 Å². The van der Waals surface area contributed by atoms with E-state index in [0.717, 1.165) is 18.5 Å². The van der Waals surface area contributed by atoms with Gasteiger partial charge in [0.25, 0.3) is 0 Å². The van der Waals surface area contributed by atoms with Gasteiger partial charge in [0.2, 0.25) is 0 Å². The van der Waals surface area contributed by atoms with Gasteiger partial charge in [-0.15, -0.1) is 0 Å². The van der Waals surface area contributed by atoms with E-state index in [1.807, 2.05) is 12.1 Å².